The normalized spacial score (nSPS) is 19.6. The van der Waals surface area contributed by atoms with E-state index < -0.39 is 27.4 Å². The third-order valence-electron chi connectivity index (χ3n) is 5.67. The standard InChI is InChI=1S/C20H22N2O6S/c1-27-16-5-4-14(19(23)22-13-6-10-21-11-7-13)18-17(16)15(12-29(24,25)26)20(28-18)8-2-3-9-20/h4-7,10-11,15H,2-3,8-9,12H2,1H3,(H,21,22,23)(H,24,25,26). The maximum Gasteiger partial charge on any atom is 0.265 e. The summed E-state index contributed by atoms with van der Waals surface area (Å²) in [6, 6.07) is 6.57. The van der Waals surface area contributed by atoms with E-state index in [1.807, 2.05) is 0 Å². The second kappa shape index (κ2) is 7.31. The first-order valence-corrected chi connectivity index (χ1v) is 11.0. The third-order valence-corrected chi connectivity index (χ3v) is 6.43. The number of anilines is 1. The van der Waals surface area contributed by atoms with Crippen molar-refractivity contribution >= 4 is 21.7 Å². The summed E-state index contributed by atoms with van der Waals surface area (Å²) in [6.45, 7) is 0. The van der Waals surface area contributed by atoms with Crippen LogP contribution < -0.4 is 14.8 Å². The Bertz CT molecular complexity index is 1030. The lowest BCUT2D eigenvalue weighted by Crippen LogP contribution is -2.38. The van der Waals surface area contributed by atoms with E-state index in [9.17, 15) is 17.8 Å². The maximum absolute atomic E-state index is 12.9. The molecule has 1 fully saturated rings. The van der Waals surface area contributed by atoms with Gasteiger partial charge in [0.2, 0.25) is 0 Å². The van der Waals surface area contributed by atoms with Crippen LogP contribution in [-0.4, -0.2) is 42.3 Å². The molecule has 154 valence electrons. The third kappa shape index (κ3) is 3.67. The zero-order chi connectivity index (χ0) is 20.6. The van der Waals surface area contributed by atoms with Crippen LogP contribution in [0.3, 0.4) is 0 Å². The molecule has 9 heteroatoms. The summed E-state index contributed by atoms with van der Waals surface area (Å²) >= 11 is 0. The second-order valence-corrected chi connectivity index (χ2v) is 8.92. The summed E-state index contributed by atoms with van der Waals surface area (Å²) in [7, 11) is -2.78. The Labute approximate surface area is 169 Å². The molecule has 2 aliphatic rings. The highest BCUT2D eigenvalue weighted by molar-refractivity contribution is 7.85. The summed E-state index contributed by atoms with van der Waals surface area (Å²) in [5.41, 5.74) is 0.632. The minimum Gasteiger partial charge on any atom is -0.496 e. The van der Waals surface area contributed by atoms with E-state index in [1.165, 1.54) is 7.11 Å². The van der Waals surface area contributed by atoms with Crippen molar-refractivity contribution in [2.24, 2.45) is 0 Å². The Morgan fingerprint density at radius 2 is 1.97 bits per heavy atom. The van der Waals surface area contributed by atoms with Gasteiger partial charge in [0.1, 0.15) is 17.1 Å². The van der Waals surface area contributed by atoms with Gasteiger partial charge < -0.3 is 14.8 Å². The molecule has 1 atom stereocenters. The Morgan fingerprint density at radius 3 is 2.59 bits per heavy atom. The summed E-state index contributed by atoms with van der Waals surface area (Å²) in [5, 5.41) is 2.80. The van der Waals surface area contributed by atoms with E-state index in [2.05, 4.69) is 10.3 Å². The highest BCUT2D eigenvalue weighted by Crippen LogP contribution is 2.56. The van der Waals surface area contributed by atoms with Crippen LogP contribution in [0.15, 0.2) is 36.7 Å². The van der Waals surface area contributed by atoms with Crippen molar-refractivity contribution in [2.75, 3.05) is 18.2 Å². The van der Waals surface area contributed by atoms with E-state index >= 15 is 0 Å². The molecule has 1 aromatic carbocycles. The van der Waals surface area contributed by atoms with Gasteiger partial charge in [-0.05, 0) is 49.9 Å². The number of hydrogen-bond acceptors (Lipinski definition) is 6. The van der Waals surface area contributed by atoms with E-state index in [0.29, 0.717) is 41.2 Å². The molecular formula is C20H22N2O6S. The Kier molecular flexibility index (Phi) is 4.95. The average Bonchev–Trinajstić information content (AvgIpc) is 3.26. The van der Waals surface area contributed by atoms with E-state index in [-0.39, 0.29) is 5.91 Å². The Balaban J connectivity index is 1.79. The number of nitrogens with one attached hydrogen (secondary N) is 1. The number of methoxy groups -OCH3 is 1. The minimum absolute atomic E-state index is 0.293. The van der Waals surface area contributed by atoms with Crippen molar-refractivity contribution in [2.45, 2.75) is 37.2 Å². The molecule has 1 spiro atoms. The smallest absolute Gasteiger partial charge is 0.265 e. The fourth-order valence-corrected chi connectivity index (χ4v) is 5.31. The van der Waals surface area contributed by atoms with Crippen molar-refractivity contribution in [3.63, 3.8) is 0 Å². The van der Waals surface area contributed by atoms with Gasteiger partial charge in [0, 0.05) is 29.6 Å². The van der Waals surface area contributed by atoms with Crippen molar-refractivity contribution in [3.05, 3.63) is 47.8 Å². The first-order chi connectivity index (χ1) is 13.8. The van der Waals surface area contributed by atoms with Crippen LogP contribution >= 0.6 is 0 Å². The van der Waals surface area contributed by atoms with Crippen LogP contribution in [0.2, 0.25) is 0 Å². The molecule has 1 amide bonds. The molecule has 1 aliphatic heterocycles. The maximum atomic E-state index is 12.9. The topological polar surface area (TPSA) is 115 Å². The largest absolute Gasteiger partial charge is 0.496 e. The quantitative estimate of drug-likeness (QED) is 0.717. The molecule has 0 bridgehead atoms. The summed E-state index contributed by atoms with van der Waals surface area (Å²) in [6.07, 6.45) is 6.21. The second-order valence-electron chi connectivity index (χ2n) is 7.42. The summed E-state index contributed by atoms with van der Waals surface area (Å²) < 4.78 is 44.9. The summed E-state index contributed by atoms with van der Waals surface area (Å²) in [4.78, 5) is 16.9. The molecule has 0 saturated heterocycles. The number of amides is 1. The molecule has 1 aromatic heterocycles. The molecule has 0 radical (unpaired) electrons. The number of benzene rings is 1. The molecule has 2 heterocycles. The molecule has 8 nitrogen and oxygen atoms in total. The molecule has 29 heavy (non-hydrogen) atoms. The lowest BCUT2D eigenvalue weighted by Gasteiger charge is -2.29. The van der Waals surface area contributed by atoms with Gasteiger partial charge in [0.05, 0.1) is 18.4 Å². The predicted molar refractivity (Wildman–Crippen MR) is 106 cm³/mol. The van der Waals surface area contributed by atoms with Crippen molar-refractivity contribution in [1.29, 1.82) is 0 Å². The number of carbonyl (C=O) groups excluding carboxylic acids is 1. The monoisotopic (exact) mass is 418 g/mol. The van der Waals surface area contributed by atoms with Crippen LogP contribution in [0, 0.1) is 0 Å². The molecule has 2 N–H and O–H groups in total. The molecule has 1 saturated carbocycles. The van der Waals surface area contributed by atoms with Crippen molar-refractivity contribution < 1.29 is 27.2 Å². The van der Waals surface area contributed by atoms with Gasteiger partial charge in [-0.3, -0.25) is 14.3 Å². The van der Waals surface area contributed by atoms with Crippen LogP contribution in [0.4, 0.5) is 5.69 Å². The van der Waals surface area contributed by atoms with Gasteiger partial charge >= 0.3 is 0 Å². The van der Waals surface area contributed by atoms with Gasteiger partial charge in [0.25, 0.3) is 16.0 Å². The minimum atomic E-state index is -4.26. The molecular weight excluding hydrogens is 396 g/mol. The average molecular weight is 418 g/mol. The van der Waals surface area contributed by atoms with Gasteiger partial charge in [-0.25, -0.2) is 0 Å². The van der Waals surface area contributed by atoms with Gasteiger partial charge in [-0.2, -0.15) is 8.42 Å². The van der Waals surface area contributed by atoms with Crippen LogP contribution in [0.5, 0.6) is 11.5 Å². The lowest BCUT2D eigenvalue weighted by atomic mass is 9.83. The zero-order valence-electron chi connectivity index (χ0n) is 15.9. The lowest BCUT2D eigenvalue weighted by molar-refractivity contribution is 0.0791. The van der Waals surface area contributed by atoms with E-state index in [0.717, 1.165) is 12.8 Å². The number of rotatable bonds is 5. The first-order valence-electron chi connectivity index (χ1n) is 9.39. The summed E-state index contributed by atoms with van der Waals surface area (Å²) in [5.74, 6) is -0.704. The highest BCUT2D eigenvalue weighted by Gasteiger charge is 2.53. The molecule has 1 unspecified atom stereocenters. The fraction of sp³-hybridized carbons (Fsp3) is 0.400. The van der Waals surface area contributed by atoms with Crippen LogP contribution in [0.1, 0.15) is 47.5 Å². The Hall–Kier alpha value is -2.65. The van der Waals surface area contributed by atoms with Crippen LogP contribution in [-0.2, 0) is 10.1 Å². The van der Waals surface area contributed by atoms with E-state index in [4.69, 9.17) is 9.47 Å². The van der Waals surface area contributed by atoms with Crippen LogP contribution in [0.25, 0.3) is 0 Å². The fourth-order valence-electron chi connectivity index (χ4n) is 4.42. The number of pyridine rings is 1. The molecule has 4 rings (SSSR count). The van der Waals surface area contributed by atoms with Crippen molar-refractivity contribution in [3.8, 4) is 11.5 Å². The number of fused-ring (bicyclic) bond motifs is 1. The first kappa shape index (κ1) is 19.7. The highest BCUT2D eigenvalue weighted by atomic mass is 32.2. The number of hydrogen-bond donors (Lipinski definition) is 2. The molecule has 1 aliphatic carbocycles. The van der Waals surface area contributed by atoms with Gasteiger partial charge in [0.15, 0.2) is 0 Å². The number of nitrogens with zero attached hydrogens (tertiary/aromatic N) is 1. The predicted octanol–water partition coefficient (Wildman–Crippen LogP) is 3.02. The molecule has 2 aromatic rings. The van der Waals surface area contributed by atoms with E-state index in [1.54, 1.807) is 36.7 Å². The van der Waals surface area contributed by atoms with Gasteiger partial charge in [-0.15, -0.1) is 0 Å². The number of carbonyl (C=O) groups is 1. The Morgan fingerprint density at radius 1 is 1.28 bits per heavy atom. The SMILES string of the molecule is COc1ccc(C(=O)Nc2ccncc2)c2c1C(CS(=O)(=O)O)C1(CCCC1)O2. The number of ether oxygens (including phenoxy) is 2. The van der Waals surface area contributed by atoms with Crippen molar-refractivity contribution in [1.82, 2.24) is 4.98 Å². The zero-order valence-corrected chi connectivity index (χ0v) is 16.7. The number of aromatic nitrogens is 1. The van der Waals surface area contributed by atoms with Gasteiger partial charge in [-0.1, -0.05) is 0 Å².